The molecule has 1 heterocycles. The van der Waals surface area contributed by atoms with E-state index in [1.54, 1.807) is 6.07 Å². The van der Waals surface area contributed by atoms with Crippen molar-refractivity contribution < 1.29 is 9.21 Å². The summed E-state index contributed by atoms with van der Waals surface area (Å²) in [6.45, 7) is 5.70. The van der Waals surface area contributed by atoms with Crippen molar-refractivity contribution in [2.75, 3.05) is 20.1 Å². The van der Waals surface area contributed by atoms with Crippen molar-refractivity contribution in [3.8, 4) is 0 Å². The minimum absolute atomic E-state index is 0.113. The molecule has 1 aromatic rings. The number of likely N-dealkylation sites (N-methyl/N-ethyl adjacent to an activating group) is 1. The minimum Gasteiger partial charge on any atom is -0.457 e. The fourth-order valence-corrected chi connectivity index (χ4v) is 1.58. The van der Waals surface area contributed by atoms with Crippen LogP contribution in [0.4, 0.5) is 0 Å². The van der Waals surface area contributed by atoms with Gasteiger partial charge in [0.15, 0.2) is 4.67 Å². The van der Waals surface area contributed by atoms with Crippen molar-refractivity contribution in [3.05, 3.63) is 22.6 Å². The number of hydrogen-bond donors (Lipinski definition) is 1. The van der Waals surface area contributed by atoms with Gasteiger partial charge < -0.3 is 14.6 Å². The molecule has 90 valence electrons. The summed E-state index contributed by atoms with van der Waals surface area (Å²) in [6.07, 6.45) is 1.49. The van der Waals surface area contributed by atoms with Gasteiger partial charge in [-0.05, 0) is 42.9 Å². The second-order valence-corrected chi connectivity index (χ2v) is 4.66. The Morgan fingerprint density at radius 1 is 1.62 bits per heavy atom. The van der Waals surface area contributed by atoms with Crippen molar-refractivity contribution in [1.29, 1.82) is 0 Å². The fraction of sp³-hybridized carbons (Fsp3) is 0.545. The van der Waals surface area contributed by atoms with E-state index in [1.165, 1.54) is 6.26 Å². The Balaban J connectivity index is 2.34. The summed E-state index contributed by atoms with van der Waals surface area (Å²) in [5, 5.41) is 2.84. The van der Waals surface area contributed by atoms with Gasteiger partial charge in [0, 0.05) is 19.1 Å². The normalized spacial score (nSPS) is 11.1. The topological polar surface area (TPSA) is 45.5 Å². The summed E-state index contributed by atoms with van der Waals surface area (Å²) >= 11 is 3.17. The third-order valence-corrected chi connectivity index (χ3v) is 3.11. The van der Waals surface area contributed by atoms with E-state index in [-0.39, 0.29) is 5.91 Å². The maximum Gasteiger partial charge on any atom is 0.255 e. The number of hydrogen-bond acceptors (Lipinski definition) is 3. The van der Waals surface area contributed by atoms with Crippen LogP contribution in [0.5, 0.6) is 0 Å². The molecule has 0 spiro atoms. The van der Waals surface area contributed by atoms with E-state index in [0.717, 1.165) is 6.54 Å². The van der Waals surface area contributed by atoms with Crippen LogP contribution < -0.4 is 5.32 Å². The van der Waals surface area contributed by atoms with Crippen LogP contribution in [0.1, 0.15) is 24.2 Å². The molecule has 1 rings (SSSR count). The number of nitrogens with one attached hydrogen (secondary N) is 1. The highest BCUT2D eigenvalue weighted by atomic mass is 79.9. The Hall–Kier alpha value is -0.810. The number of furan rings is 1. The largest absolute Gasteiger partial charge is 0.457 e. The monoisotopic (exact) mass is 288 g/mol. The van der Waals surface area contributed by atoms with Gasteiger partial charge in [-0.1, -0.05) is 0 Å². The maximum atomic E-state index is 11.7. The smallest absolute Gasteiger partial charge is 0.255 e. The summed E-state index contributed by atoms with van der Waals surface area (Å²) in [5.41, 5.74) is 0.534. The number of rotatable bonds is 5. The Bertz CT molecular complexity index is 350. The van der Waals surface area contributed by atoms with Gasteiger partial charge >= 0.3 is 0 Å². The highest BCUT2D eigenvalue weighted by Gasteiger charge is 2.12. The van der Waals surface area contributed by atoms with Gasteiger partial charge in [-0.2, -0.15) is 0 Å². The molecule has 0 unspecified atom stereocenters. The molecule has 0 fully saturated rings. The van der Waals surface area contributed by atoms with Crippen molar-refractivity contribution in [2.45, 2.75) is 19.9 Å². The Labute approximate surface area is 104 Å². The molecule has 16 heavy (non-hydrogen) atoms. The number of amides is 1. The highest BCUT2D eigenvalue weighted by Crippen LogP contribution is 2.16. The van der Waals surface area contributed by atoms with Gasteiger partial charge in [-0.3, -0.25) is 4.79 Å². The summed E-state index contributed by atoms with van der Waals surface area (Å²) < 4.78 is 5.47. The average molecular weight is 289 g/mol. The van der Waals surface area contributed by atoms with Crippen LogP contribution in [0.15, 0.2) is 21.4 Å². The molecule has 0 aliphatic carbocycles. The van der Waals surface area contributed by atoms with E-state index >= 15 is 0 Å². The Morgan fingerprint density at radius 2 is 2.31 bits per heavy atom. The van der Waals surface area contributed by atoms with Crippen molar-refractivity contribution in [2.24, 2.45) is 0 Å². The van der Waals surface area contributed by atoms with Gasteiger partial charge in [0.05, 0.1) is 11.8 Å². The zero-order valence-corrected chi connectivity index (χ0v) is 11.4. The molecule has 1 amide bonds. The Kier molecular flexibility index (Phi) is 5.02. The van der Waals surface area contributed by atoms with E-state index in [4.69, 9.17) is 4.42 Å². The first-order valence-corrected chi connectivity index (χ1v) is 6.03. The molecule has 5 heteroatoms. The van der Waals surface area contributed by atoms with Gasteiger partial charge in [0.2, 0.25) is 0 Å². The molecule has 0 saturated carbocycles. The lowest BCUT2D eigenvalue weighted by Gasteiger charge is -2.20. The SMILES string of the molecule is CC(C)N(C)CCNC(=O)c1ccoc1Br. The standard InChI is InChI=1S/C11H17BrN2O2/c1-8(2)14(3)6-5-13-11(15)9-4-7-16-10(9)12/h4,7-8H,5-6H2,1-3H3,(H,13,15). The quantitative estimate of drug-likeness (QED) is 0.903. The molecule has 4 nitrogen and oxygen atoms in total. The molecule has 0 saturated heterocycles. The molecule has 0 aliphatic heterocycles. The number of nitrogens with zero attached hydrogens (tertiary/aromatic N) is 1. The van der Waals surface area contributed by atoms with E-state index in [1.807, 2.05) is 7.05 Å². The lowest BCUT2D eigenvalue weighted by Crippen LogP contribution is -2.36. The lowest BCUT2D eigenvalue weighted by atomic mass is 10.3. The molecule has 1 N–H and O–H groups in total. The van der Waals surface area contributed by atoms with Crippen LogP contribution in [-0.4, -0.2) is 37.0 Å². The van der Waals surface area contributed by atoms with Gasteiger partial charge in [-0.25, -0.2) is 0 Å². The third-order valence-electron chi connectivity index (χ3n) is 2.49. The number of carbonyl (C=O) groups is 1. The maximum absolute atomic E-state index is 11.7. The van der Waals surface area contributed by atoms with Crippen molar-refractivity contribution in [3.63, 3.8) is 0 Å². The van der Waals surface area contributed by atoms with E-state index < -0.39 is 0 Å². The molecular weight excluding hydrogens is 272 g/mol. The van der Waals surface area contributed by atoms with Crippen LogP contribution in [0.2, 0.25) is 0 Å². The first-order valence-electron chi connectivity index (χ1n) is 5.23. The predicted molar refractivity (Wildman–Crippen MR) is 66.5 cm³/mol. The zero-order valence-electron chi connectivity index (χ0n) is 9.79. The fourth-order valence-electron chi connectivity index (χ4n) is 1.15. The van der Waals surface area contributed by atoms with Crippen LogP contribution in [0.25, 0.3) is 0 Å². The summed E-state index contributed by atoms with van der Waals surface area (Å²) in [7, 11) is 2.03. The van der Waals surface area contributed by atoms with Crippen LogP contribution >= 0.6 is 15.9 Å². The van der Waals surface area contributed by atoms with Gasteiger partial charge in [0.1, 0.15) is 0 Å². The second-order valence-electron chi connectivity index (χ2n) is 3.94. The van der Waals surface area contributed by atoms with E-state index in [9.17, 15) is 4.79 Å². The molecular formula is C11H17BrN2O2. The van der Waals surface area contributed by atoms with Crippen LogP contribution in [0, 0.1) is 0 Å². The lowest BCUT2D eigenvalue weighted by molar-refractivity contribution is 0.0946. The van der Waals surface area contributed by atoms with E-state index in [2.05, 4.69) is 40.0 Å². The molecule has 0 atom stereocenters. The third kappa shape index (κ3) is 3.64. The first kappa shape index (κ1) is 13.3. The molecule has 0 aromatic carbocycles. The first-order chi connectivity index (χ1) is 7.52. The second kappa shape index (κ2) is 6.06. The number of halogens is 1. The summed E-state index contributed by atoms with van der Waals surface area (Å²) in [6, 6.07) is 2.13. The van der Waals surface area contributed by atoms with Crippen molar-refractivity contribution >= 4 is 21.8 Å². The molecule has 0 aliphatic rings. The zero-order chi connectivity index (χ0) is 12.1. The van der Waals surface area contributed by atoms with Crippen LogP contribution in [0.3, 0.4) is 0 Å². The van der Waals surface area contributed by atoms with Gasteiger partial charge in [-0.15, -0.1) is 0 Å². The highest BCUT2D eigenvalue weighted by molar-refractivity contribution is 9.10. The molecule has 1 aromatic heterocycles. The summed E-state index contributed by atoms with van der Waals surface area (Å²) in [5.74, 6) is -0.113. The minimum atomic E-state index is -0.113. The predicted octanol–water partition coefficient (Wildman–Crippen LogP) is 2.11. The average Bonchev–Trinajstić information content (AvgIpc) is 2.64. The molecule has 0 radical (unpaired) electrons. The Morgan fingerprint density at radius 3 is 2.81 bits per heavy atom. The number of carbonyl (C=O) groups excluding carboxylic acids is 1. The van der Waals surface area contributed by atoms with Crippen LogP contribution in [-0.2, 0) is 0 Å². The summed E-state index contributed by atoms with van der Waals surface area (Å²) in [4.78, 5) is 13.8. The molecule has 0 bridgehead atoms. The van der Waals surface area contributed by atoms with E-state index in [0.29, 0.717) is 22.8 Å². The van der Waals surface area contributed by atoms with Crippen molar-refractivity contribution in [1.82, 2.24) is 10.2 Å². The van der Waals surface area contributed by atoms with Gasteiger partial charge in [0.25, 0.3) is 5.91 Å².